The van der Waals surface area contributed by atoms with Crippen LogP contribution in [-0.4, -0.2) is 21.6 Å². The highest BCUT2D eigenvalue weighted by atomic mass is 16.5. The predicted molar refractivity (Wildman–Crippen MR) is 112 cm³/mol. The maximum absolute atomic E-state index is 6.02. The quantitative estimate of drug-likeness (QED) is 0.541. The van der Waals surface area contributed by atoms with Gasteiger partial charge in [0.05, 0.1) is 12.0 Å². The summed E-state index contributed by atoms with van der Waals surface area (Å²) in [5, 5.41) is 0.903. The Balaban J connectivity index is 1.81. The number of methoxy groups -OCH3 is 1. The topological polar surface area (TPSA) is 75.2 Å². The molecule has 1 aromatic carbocycles. The van der Waals surface area contributed by atoms with Crippen molar-refractivity contribution in [2.24, 2.45) is 0 Å². The van der Waals surface area contributed by atoms with E-state index >= 15 is 0 Å². The highest BCUT2D eigenvalue weighted by Crippen LogP contribution is 2.30. The van der Waals surface area contributed by atoms with Crippen LogP contribution in [0.15, 0.2) is 36.5 Å². The van der Waals surface area contributed by atoms with Crippen LogP contribution < -0.4 is 10.5 Å². The average molecular weight is 383 g/mol. The number of hydrogen-bond donors (Lipinski definition) is 1. The summed E-state index contributed by atoms with van der Waals surface area (Å²) in [6.07, 6.45) is 6.64. The summed E-state index contributed by atoms with van der Waals surface area (Å²) in [7, 11) is 1.69. The monoisotopic (exact) mass is 382 g/mol. The van der Waals surface area contributed by atoms with Crippen LogP contribution in [0.5, 0.6) is 5.88 Å². The van der Waals surface area contributed by atoms with Gasteiger partial charge in [-0.05, 0) is 30.0 Å². The summed E-state index contributed by atoms with van der Waals surface area (Å²) in [5.74, 6) is 0.774. The molecule has 28 heavy (non-hydrogen) atoms. The number of fused-ring (bicyclic) bond motifs is 1. The van der Waals surface area contributed by atoms with E-state index in [9.17, 15) is 0 Å². The van der Waals surface area contributed by atoms with Gasteiger partial charge >= 0.3 is 0 Å². The fraction of sp³-hybridized carbons (Fsp3) is 0.455. The normalized spacial score (nSPS) is 12.4. The molecule has 0 aliphatic carbocycles. The van der Waals surface area contributed by atoms with E-state index < -0.39 is 0 Å². The summed E-state index contributed by atoms with van der Waals surface area (Å²) in [6.45, 7) is 5.46. The Morgan fingerprint density at radius 1 is 1.04 bits per heavy atom. The van der Waals surface area contributed by atoms with Gasteiger partial charge in [-0.15, -0.1) is 0 Å². The highest BCUT2D eigenvalue weighted by molar-refractivity contribution is 5.82. The summed E-state index contributed by atoms with van der Waals surface area (Å²) >= 11 is 0. The SMILES string of the molecule is CCCCC(CC)n1ccc2c(OCc3ccc(COC)cc3)nc(N)nc21. The van der Waals surface area contributed by atoms with Crippen molar-refractivity contribution in [2.45, 2.75) is 58.8 Å². The van der Waals surface area contributed by atoms with Gasteiger partial charge in [-0.2, -0.15) is 9.97 Å². The lowest BCUT2D eigenvalue weighted by Crippen LogP contribution is -2.09. The first-order valence-electron chi connectivity index (χ1n) is 9.99. The number of aromatic nitrogens is 3. The Morgan fingerprint density at radius 2 is 1.75 bits per heavy atom. The van der Waals surface area contributed by atoms with Crippen LogP contribution in [-0.2, 0) is 18.0 Å². The summed E-state index contributed by atoms with van der Waals surface area (Å²) < 4.78 is 13.4. The molecule has 1 atom stereocenters. The Hall–Kier alpha value is -2.60. The third kappa shape index (κ3) is 4.62. The first-order chi connectivity index (χ1) is 13.7. The molecule has 0 radical (unpaired) electrons. The molecule has 0 bridgehead atoms. The second-order valence-corrected chi connectivity index (χ2v) is 7.09. The van der Waals surface area contributed by atoms with E-state index in [1.54, 1.807) is 7.11 Å². The lowest BCUT2D eigenvalue weighted by Gasteiger charge is -2.18. The fourth-order valence-corrected chi connectivity index (χ4v) is 3.46. The third-order valence-corrected chi connectivity index (χ3v) is 5.02. The number of anilines is 1. The summed E-state index contributed by atoms with van der Waals surface area (Å²) in [5.41, 5.74) is 9.04. The van der Waals surface area contributed by atoms with Gasteiger partial charge in [-0.25, -0.2) is 0 Å². The van der Waals surface area contributed by atoms with Crippen LogP contribution in [0.1, 0.15) is 56.7 Å². The second-order valence-electron chi connectivity index (χ2n) is 7.09. The van der Waals surface area contributed by atoms with Crippen molar-refractivity contribution in [3.8, 4) is 5.88 Å². The first-order valence-corrected chi connectivity index (χ1v) is 9.99. The molecule has 6 heteroatoms. The zero-order valence-electron chi connectivity index (χ0n) is 17.0. The molecule has 0 saturated carbocycles. The van der Waals surface area contributed by atoms with E-state index in [-0.39, 0.29) is 5.95 Å². The van der Waals surface area contributed by atoms with E-state index in [1.807, 2.05) is 30.3 Å². The van der Waals surface area contributed by atoms with Crippen LogP contribution in [0, 0.1) is 0 Å². The number of nitrogen functional groups attached to an aromatic ring is 1. The Morgan fingerprint density at radius 3 is 2.39 bits per heavy atom. The maximum Gasteiger partial charge on any atom is 0.228 e. The van der Waals surface area contributed by atoms with Crippen LogP contribution in [0.4, 0.5) is 5.95 Å². The number of nitrogens with two attached hydrogens (primary N) is 1. The van der Waals surface area contributed by atoms with Crippen LogP contribution in [0.3, 0.4) is 0 Å². The number of unbranched alkanes of at least 4 members (excludes halogenated alkanes) is 1. The van der Waals surface area contributed by atoms with Crippen molar-refractivity contribution in [3.63, 3.8) is 0 Å². The molecule has 3 aromatic rings. The van der Waals surface area contributed by atoms with Crippen molar-refractivity contribution in [1.82, 2.24) is 14.5 Å². The minimum atomic E-state index is 0.239. The maximum atomic E-state index is 6.02. The molecule has 0 aliphatic rings. The molecular weight excluding hydrogens is 352 g/mol. The van der Waals surface area contributed by atoms with Crippen molar-refractivity contribution >= 4 is 17.0 Å². The van der Waals surface area contributed by atoms with Gasteiger partial charge in [-0.1, -0.05) is 51.0 Å². The molecule has 2 heterocycles. The Bertz CT molecular complexity index is 889. The van der Waals surface area contributed by atoms with E-state index in [1.165, 1.54) is 12.8 Å². The molecule has 0 spiro atoms. The fourth-order valence-electron chi connectivity index (χ4n) is 3.46. The minimum absolute atomic E-state index is 0.239. The molecule has 0 amide bonds. The van der Waals surface area contributed by atoms with Gasteiger partial charge < -0.3 is 19.8 Å². The number of benzene rings is 1. The van der Waals surface area contributed by atoms with E-state index in [0.29, 0.717) is 25.1 Å². The van der Waals surface area contributed by atoms with Gasteiger partial charge in [-0.3, -0.25) is 0 Å². The number of hydrogen-bond acceptors (Lipinski definition) is 5. The molecule has 6 nitrogen and oxygen atoms in total. The first kappa shape index (κ1) is 20.1. The van der Waals surface area contributed by atoms with Gasteiger partial charge in [0.2, 0.25) is 11.8 Å². The van der Waals surface area contributed by atoms with Crippen molar-refractivity contribution in [1.29, 1.82) is 0 Å². The predicted octanol–water partition coefficient (Wildman–Crippen LogP) is 4.88. The van der Waals surface area contributed by atoms with Crippen LogP contribution >= 0.6 is 0 Å². The summed E-state index contributed by atoms with van der Waals surface area (Å²) in [6, 6.07) is 10.6. The summed E-state index contributed by atoms with van der Waals surface area (Å²) in [4.78, 5) is 8.83. The lowest BCUT2D eigenvalue weighted by atomic mass is 10.1. The van der Waals surface area contributed by atoms with E-state index in [0.717, 1.165) is 35.0 Å². The van der Waals surface area contributed by atoms with Gasteiger partial charge in [0.25, 0.3) is 0 Å². The van der Waals surface area contributed by atoms with Crippen LogP contribution in [0.25, 0.3) is 11.0 Å². The molecule has 2 N–H and O–H groups in total. The third-order valence-electron chi connectivity index (χ3n) is 5.02. The smallest absolute Gasteiger partial charge is 0.228 e. The molecule has 150 valence electrons. The number of rotatable bonds is 10. The van der Waals surface area contributed by atoms with Gasteiger partial charge in [0.1, 0.15) is 12.3 Å². The van der Waals surface area contributed by atoms with Crippen molar-refractivity contribution in [3.05, 3.63) is 47.7 Å². The average Bonchev–Trinajstić information content (AvgIpc) is 3.12. The number of nitrogens with zero attached hydrogens (tertiary/aromatic N) is 3. The molecular formula is C22H30N4O2. The Labute approximate surface area is 166 Å². The molecule has 3 rings (SSSR count). The largest absolute Gasteiger partial charge is 0.472 e. The van der Waals surface area contributed by atoms with E-state index in [4.69, 9.17) is 15.2 Å². The molecule has 0 fully saturated rings. The molecule has 1 unspecified atom stereocenters. The molecule has 0 aliphatic heterocycles. The molecule has 0 saturated heterocycles. The minimum Gasteiger partial charge on any atom is -0.472 e. The van der Waals surface area contributed by atoms with Crippen molar-refractivity contribution < 1.29 is 9.47 Å². The molecule has 2 aromatic heterocycles. The zero-order chi connectivity index (χ0) is 19.9. The zero-order valence-corrected chi connectivity index (χ0v) is 17.0. The van der Waals surface area contributed by atoms with Crippen LogP contribution in [0.2, 0.25) is 0 Å². The van der Waals surface area contributed by atoms with Crippen molar-refractivity contribution in [2.75, 3.05) is 12.8 Å². The highest BCUT2D eigenvalue weighted by Gasteiger charge is 2.16. The second kappa shape index (κ2) is 9.55. The Kier molecular flexibility index (Phi) is 6.87. The standard InChI is InChI=1S/C22H30N4O2/c1-4-6-7-18(5-2)26-13-12-19-20(26)24-22(23)25-21(19)28-15-17-10-8-16(9-11-17)14-27-3/h8-13,18H,4-7,14-15H2,1-3H3,(H2,23,24,25). The van der Waals surface area contributed by atoms with E-state index in [2.05, 4.69) is 34.6 Å². The van der Waals surface area contributed by atoms with Gasteiger partial charge in [0, 0.05) is 19.3 Å². The van der Waals surface area contributed by atoms with Gasteiger partial charge in [0.15, 0.2) is 0 Å². The number of ether oxygens (including phenoxy) is 2. The lowest BCUT2D eigenvalue weighted by molar-refractivity contribution is 0.185.